The molecule has 0 saturated carbocycles. The van der Waals surface area contributed by atoms with Gasteiger partial charge >= 0.3 is 0 Å². The molecule has 282 valence electrons. The Morgan fingerprint density at radius 3 is 1.48 bits per heavy atom. The number of nitrogens with zero attached hydrogens (tertiary/aromatic N) is 1. The Hall–Kier alpha value is -7.94. The lowest BCUT2D eigenvalue weighted by atomic mass is 9.87. The fourth-order valence-corrected chi connectivity index (χ4v) is 8.71. The van der Waals surface area contributed by atoms with E-state index in [1.165, 1.54) is 33.0 Å². The van der Waals surface area contributed by atoms with Crippen molar-refractivity contribution in [3.8, 4) is 78.3 Å². The number of rotatable bonds is 7. The largest absolute Gasteiger partial charge is 0.454 e. The second-order valence-corrected chi connectivity index (χ2v) is 15.3. The van der Waals surface area contributed by atoms with Gasteiger partial charge < -0.3 is 9.64 Å². The quantitative estimate of drug-likeness (QED) is 0.160. The molecule has 0 N–H and O–H groups in total. The number of benzene rings is 10. The van der Waals surface area contributed by atoms with E-state index >= 15 is 0 Å². The Morgan fingerprint density at radius 1 is 0.283 bits per heavy atom. The molecule has 2 heteroatoms. The first-order valence-corrected chi connectivity index (χ1v) is 20.5. The lowest BCUT2D eigenvalue weighted by molar-refractivity contribution is 0.489. The van der Waals surface area contributed by atoms with E-state index in [9.17, 15) is 0 Å². The fourth-order valence-electron chi connectivity index (χ4n) is 8.71. The molecule has 60 heavy (non-hydrogen) atoms. The summed E-state index contributed by atoms with van der Waals surface area (Å²) in [5.74, 6) is 1.63. The van der Waals surface area contributed by atoms with Crippen LogP contribution in [-0.2, 0) is 0 Å². The van der Waals surface area contributed by atoms with Gasteiger partial charge in [-0.3, -0.25) is 0 Å². The molecule has 2 nitrogen and oxygen atoms in total. The first-order chi connectivity index (χ1) is 29.7. The van der Waals surface area contributed by atoms with Crippen LogP contribution in [0.15, 0.2) is 237 Å². The third-order valence-electron chi connectivity index (χ3n) is 11.7. The molecule has 11 rings (SSSR count). The van der Waals surface area contributed by atoms with Crippen LogP contribution in [0.1, 0.15) is 0 Å². The highest BCUT2D eigenvalue weighted by Gasteiger charge is 2.28. The van der Waals surface area contributed by atoms with Crippen LogP contribution in [0.4, 0.5) is 17.1 Å². The molecule has 0 amide bonds. The molecular weight excluding hydrogens is 727 g/mol. The van der Waals surface area contributed by atoms with Gasteiger partial charge in [-0.1, -0.05) is 194 Å². The second-order valence-electron chi connectivity index (χ2n) is 15.3. The number of ether oxygens (including phenoxy) is 1. The predicted octanol–water partition coefficient (Wildman–Crippen LogP) is 16.4. The zero-order valence-corrected chi connectivity index (χ0v) is 32.9. The molecule has 0 aliphatic carbocycles. The molecule has 0 unspecified atom stereocenters. The first kappa shape index (κ1) is 35.2. The van der Waals surface area contributed by atoms with E-state index in [4.69, 9.17) is 4.74 Å². The fraction of sp³-hybridized carbons (Fsp3) is 0. The van der Waals surface area contributed by atoms with Crippen LogP contribution in [0.2, 0.25) is 0 Å². The zero-order valence-electron chi connectivity index (χ0n) is 32.9. The van der Waals surface area contributed by atoms with Crippen LogP contribution in [0.5, 0.6) is 11.5 Å². The minimum Gasteiger partial charge on any atom is -0.454 e. The van der Waals surface area contributed by atoms with Crippen molar-refractivity contribution < 1.29 is 4.74 Å². The van der Waals surface area contributed by atoms with Crippen LogP contribution in [0.25, 0.3) is 77.5 Å². The summed E-state index contributed by atoms with van der Waals surface area (Å²) in [5.41, 5.74) is 16.8. The highest BCUT2D eigenvalue weighted by atomic mass is 16.5. The number of hydrogen-bond acceptors (Lipinski definition) is 2. The maximum Gasteiger partial charge on any atom is 0.159 e. The van der Waals surface area contributed by atoms with Crippen molar-refractivity contribution in [2.45, 2.75) is 0 Å². The smallest absolute Gasteiger partial charge is 0.159 e. The highest BCUT2D eigenvalue weighted by Crippen LogP contribution is 2.55. The van der Waals surface area contributed by atoms with Gasteiger partial charge in [-0.2, -0.15) is 0 Å². The normalized spacial score (nSPS) is 11.5. The number of fused-ring (bicyclic) bond motifs is 6. The van der Waals surface area contributed by atoms with E-state index in [-0.39, 0.29) is 0 Å². The molecule has 0 spiro atoms. The lowest BCUT2D eigenvalue weighted by Gasteiger charge is -2.28. The van der Waals surface area contributed by atoms with Crippen molar-refractivity contribution in [3.05, 3.63) is 237 Å². The maximum atomic E-state index is 7.35. The van der Waals surface area contributed by atoms with Gasteiger partial charge in [-0.15, -0.1) is 0 Å². The zero-order chi connectivity index (χ0) is 39.8. The molecule has 1 heterocycles. The lowest BCUT2D eigenvalue weighted by Crippen LogP contribution is -2.11. The first-order valence-electron chi connectivity index (χ1n) is 20.5. The van der Waals surface area contributed by atoms with Crippen molar-refractivity contribution >= 4 is 27.8 Å². The van der Waals surface area contributed by atoms with Crippen molar-refractivity contribution in [1.82, 2.24) is 0 Å². The standard InChI is InChI=1S/C58H39NO/c1-4-14-40(15-5-1)43-26-28-45(29-27-43)48-33-37-52-54(39-48)53-23-12-24-55(58(53)60-56-25-13-22-51(57(52)56)46-19-8-3-9-20-46)59(50-36-32-42-18-10-11-21-47(42)38-50)49-34-30-44(31-35-49)41-16-6-2-7-17-41/h1-39H. The van der Waals surface area contributed by atoms with E-state index in [0.717, 1.165) is 73.1 Å². The maximum absolute atomic E-state index is 7.35. The molecular formula is C58H39NO. The Kier molecular flexibility index (Phi) is 8.87. The molecule has 0 atom stereocenters. The summed E-state index contributed by atoms with van der Waals surface area (Å²) in [4.78, 5) is 2.35. The molecule has 0 saturated heterocycles. The molecule has 10 aromatic rings. The summed E-state index contributed by atoms with van der Waals surface area (Å²) >= 11 is 0. The van der Waals surface area contributed by atoms with Gasteiger partial charge in [0.05, 0.1) is 5.69 Å². The second kappa shape index (κ2) is 15.1. The molecule has 0 aromatic heterocycles. The average Bonchev–Trinajstić information content (AvgIpc) is 3.47. The monoisotopic (exact) mass is 765 g/mol. The van der Waals surface area contributed by atoms with Crippen molar-refractivity contribution in [2.75, 3.05) is 4.90 Å². The van der Waals surface area contributed by atoms with E-state index in [0.29, 0.717) is 0 Å². The van der Waals surface area contributed by atoms with Gasteiger partial charge in [0.15, 0.2) is 5.75 Å². The summed E-state index contributed by atoms with van der Waals surface area (Å²) in [5, 5.41) is 2.37. The molecule has 0 radical (unpaired) electrons. The average molecular weight is 766 g/mol. The van der Waals surface area contributed by atoms with E-state index < -0.39 is 0 Å². The molecule has 0 bridgehead atoms. The number of anilines is 3. The number of hydrogen-bond donors (Lipinski definition) is 0. The predicted molar refractivity (Wildman–Crippen MR) is 251 cm³/mol. The van der Waals surface area contributed by atoms with Gasteiger partial charge in [0.2, 0.25) is 0 Å². The highest BCUT2D eigenvalue weighted by molar-refractivity contribution is 6.01. The van der Waals surface area contributed by atoms with Gasteiger partial charge in [-0.05, 0) is 109 Å². The minimum absolute atomic E-state index is 0.805. The van der Waals surface area contributed by atoms with Crippen LogP contribution < -0.4 is 9.64 Å². The third-order valence-corrected chi connectivity index (χ3v) is 11.7. The summed E-state index contributed by atoms with van der Waals surface area (Å²) in [6.07, 6.45) is 0. The van der Waals surface area contributed by atoms with E-state index in [1.54, 1.807) is 0 Å². The van der Waals surface area contributed by atoms with Gasteiger partial charge in [0, 0.05) is 22.5 Å². The SMILES string of the molecule is c1ccc(-c2ccc(-c3ccc4c(c3)-c3cccc(N(c5ccc(-c6ccccc6)cc5)c5ccc6ccccc6c5)c3Oc3cccc(-c5ccccc5)c3-4)cc2)cc1. The molecule has 0 fully saturated rings. The summed E-state index contributed by atoms with van der Waals surface area (Å²) in [6, 6.07) is 84.7. The summed E-state index contributed by atoms with van der Waals surface area (Å²) in [6.45, 7) is 0. The van der Waals surface area contributed by atoms with Crippen molar-refractivity contribution in [2.24, 2.45) is 0 Å². The van der Waals surface area contributed by atoms with Crippen LogP contribution >= 0.6 is 0 Å². The third kappa shape index (κ3) is 6.41. The van der Waals surface area contributed by atoms with Gasteiger partial charge in [0.25, 0.3) is 0 Å². The Labute approximate surface area is 350 Å². The number of para-hydroxylation sites is 1. The molecule has 1 aliphatic rings. The van der Waals surface area contributed by atoms with E-state index in [1.807, 2.05) is 0 Å². The van der Waals surface area contributed by atoms with Crippen molar-refractivity contribution in [1.29, 1.82) is 0 Å². The van der Waals surface area contributed by atoms with Gasteiger partial charge in [-0.25, -0.2) is 0 Å². The molecule has 1 aliphatic heterocycles. The van der Waals surface area contributed by atoms with Gasteiger partial charge in [0.1, 0.15) is 5.75 Å². The summed E-state index contributed by atoms with van der Waals surface area (Å²) in [7, 11) is 0. The van der Waals surface area contributed by atoms with Crippen LogP contribution in [0, 0.1) is 0 Å². The van der Waals surface area contributed by atoms with Crippen molar-refractivity contribution in [3.63, 3.8) is 0 Å². The Morgan fingerprint density at radius 2 is 0.800 bits per heavy atom. The Bertz CT molecular complexity index is 3140. The summed E-state index contributed by atoms with van der Waals surface area (Å²) < 4.78 is 7.35. The molecule has 10 aromatic carbocycles. The Balaban J connectivity index is 1.13. The minimum atomic E-state index is 0.805. The topological polar surface area (TPSA) is 12.5 Å². The van der Waals surface area contributed by atoms with Crippen LogP contribution in [-0.4, -0.2) is 0 Å². The van der Waals surface area contributed by atoms with E-state index in [2.05, 4.69) is 241 Å². The van der Waals surface area contributed by atoms with Crippen LogP contribution in [0.3, 0.4) is 0 Å².